The molecule has 0 spiro atoms. The minimum atomic E-state index is -2.58. The molecule has 0 saturated heterocycles. The molecule has 0 aliphatic heterocycles. The van der Waals surface area contributed by atoms with Crippen LogP contribution >= 0.6 is 25.8 Å². The average Bonchev–Trinajstić information content (AvgIpc) is 2.15. The van der Waals surface area contributed by atoms with Crippen LogP contribution in [0.15, 0.2) is 0 Å². The van der Waals surface area contributed by atoms with E-state index in [9.17, 15) is 0 Å². The van der Waals surface area contributed by atoms with Gasteiger partial charge in [0.05, 0.1) is 0 Å². The van der Waals surface area contributed by atoms with Gasteiger partial charge in [0.25, 0.3) is 0 Å². The Morgan fingerprint density at radius 2 is 0.875 bits per heavy atom. The molecule has 10 nitrogen and oxygen atoms in total. The van der Waals surface area contributed by atoms with Crippen LogP contribution in [0.3, 0.4) is 0 Å². The van der Waals surface area contributed by atoms with Crippen molar-refractivity contribution in [2.75, 3.05) is 20.2 Å². The molecule has 0 unspecified atom stereocenters. The molecule has 0 atom stereocenters. The van der Waals surface area contributed by atoms with E-state index in [0.717, 1.165) is 4.90 Å². The number of hydrogen-bond acceptors (Lipinski definition) is 10. The molecule has 98 valence electrons. The highest BCUT2D eigenvalue weighted by molar-refractivity contribution is 7.39. The molecule has 0 saturated carbocycles. The van der Waals surface area contributed by atoms with Crippen molar-refractivity contribution in [3.63, 3.8) is 0 Å². The summed E-state index contributed by atoms with van der Waals surface area (Å²) < 4.78 is 13.2. The Kier molecular flexibility index (Phi) is 10.4. The van der Waals surface area contributed by atoms with Crippen LogP contribution in [0.1, 0.15) is 0 Å². The van der Waals surface area contributed by atoms with Crippen LogP contribution in [0.25, 0.3) is 0 Å². The van der Waals surface area contributed by atoms with E-state index in [2.05, 4.69) is 13.6 Å². The summed E-state index contributed by atoms with van der Waals surface area (Å²) in [5, 5.41) is 0. The molecule has 0 amide bonds. The Labute approximate surface area is 94.6 Å². The Morgan fingerprint density at radius 1 is 0.625 bits per heavy atom. The lowest BCUT2D eigenvalue weighted by molar-refractivity contribution is -0.00915. The smallest absolute Gasteiger partial charge is 0.328 e. The first-order valence-corrected chi connectivity index (χ1v) is 7.06. The van der Waals surface area contributed by atoms with Crippen LogP contribution in [0.5, 0.6) is 0 Å². The van der Waals surface area contributed by atoms with Crippen LogP contribution in [-0.4, -0.2) is 54.5 Å². The Hall–Kier alpha value is 0.890. The fourth-order valence-corrected chi connectivity index (χ4v) is 1.31. The molecule has 0 aliphatic carbocycles. The quantitative estimate of drug-likeness (QED) is 0.227. The van der Waals surface area contributed by atoms with Gasteiger partial charge in [-0.25, -0.2) is 4.90 Å². The first kappa shape index (κ1) is 16.9. The zero-order valence-electron chi connectivity index (χ0n) is 7.82. The zero-order chi connectivity index (χ0) is 12.6. The Morgan fingerprint density at radius 3 is 1.06 bits per heavy atom. The summed E-state index contributed by atoms with van der Waals surface area (Å²) in [6, 6.07) is 0. The molecule has 0 aromatic rings. The third-order valence-electron chi connectivity index (χ3n) is 1.07. The van der Waals surface area contributed by atoms with Crippen molar-refractivity contribution >= 4 is 25.8 Å². The van der Waals surface area contributed by atoms with Crippen molar-refractivity contribution < 1.29 is 42.9 Å². The summed E-state index contributed by atoms with van der Waals surface area (Å²) in [6.07, 6.45) is 0. The maximum absolute atomic E-state index is 8.46. The maximum Gasteiger partial charge on any atom is 0.328 e. The van der Waals surface area contributed by atoms with Crippen molar-refractivity contribution in [3.8, 4) is 0 Å². The summed E-state index contributed by atoms with van der Waals surface area (Å²) in [5.74, 6) is 0. The van der Waals surface area contributed by atoms with Gasteiger partial charge in [0.2, 0.25) is 0 Å². The highest BCUT2D eigenvalue weighted by Gasteiger charge is 2.13. The fourth-order valence-electron chi connectivity index (χ4n) is 0.512. The van der Waals surface area contributed by atoms with Gasteiger partial charge >= 0.3 is 25.8 Å². The lowest BCUT2D eigenvalue weighted by Crippen LogP contribution is -2.29. The molecule has 16 heavy (non-hydrogen) atoms. The lowest BCUT2D eigenvalue weighted by atomic mass is 10.9. The Balaban J connectivity index is 3.85. The van der Waals surface area contributed by atoms with E-state index in [1.54, 1.807) is 0 Å². The van der Waals surface area contributed by atoms with Gasteiger partial charge in [-0.05, 0) is 0 Å². The van der Waals surface area contributed by atoms with Gasteiger partial charge < -0.3 is 29.4 Å². The lowest BCUT2D eigenvalue weighted by Gasteiger charge is -2.21. The summed E-state index contributed by atoms with van der Waals surface area (Å²) in [6.45, 7) is -1.07. The van der Waals surface area contributed by atoms with Gasteiger partial charge in [0, 0.05) is 0 Å². The number of hydrogen-bond donors (Lipinski definition) is 6. The SMILES string of the molecule is OP(O)OCN(COP(O)O)COP(O)O. The second-order valence-electron chi connectivity index (χ2n) is 2.20. The molecule has 0 bridgehead atoms. The standard InChI is InChI=1S/C3H12NO9P3/c5-14(6)11-1-4(2-12-15(7)8)3-13-16(9)10/h5-10H,1-3H2. The third-order valence-corrected chi connectivity index (χ3v) is 2.11. The van der Waals surface area contributed by atoms with Crippen LogP contribution < -0.4 is 0 Å². The molecular formula is C3H12NO9P3. The number of nitrogens with zero attached hydrogens (tertiary/aromatic N) is 1. The van der Waals surface area contributed by atoms with Crippen molar-refractivity contribution in [3.05, 3.63) is 0 Å². The molecule has 6 N–H and O–H groups in total. The maximum atomic E-state index is 8.46. The van der Waals surface area contributed by atoms with Gasteiger partial charge in [0.15, 0.2) is 0 Å². The predicted molar refractivity (Wildman–Crippen MR) is 53.8 cm³/mol. The van der Waals surface area contributed by atoms with E-state index < -0.39 is 25.8 Å². The van der Waals surface area contributed by atoms with Crippen LogP contribution in [0.2, 0.25) is 0 Å². The molecule has 0 fully saturated rings. The van der Waals surface area contributed by atoms with Crippen molar-refractivity contribution in [1.82, 2.24) is 4.90 Å². The Bertz CT molecular complexity index is 142. The summed E-state index contributed by atoms with van der Waals surface area (Å²) in [7, 11) is -7.73. The van der Waals surface area contributed by atoms with Crippen molar-refractivity contribution in [1.29, 1.82) is 0 Å². The monoisotopic (exact) mass is 299 g/mol. The molecule has 13 heteroatoms. The second kappa shape index (κ2) is 9.87. The molecule has 0 aromatic heterocycles. The minimum Gasteiger partial charge on any atom is -0.328 e. The van der Waals surface area contributed by atoms with Gasteiger partial charge in [-0.1, -0.05) is 0 Å². The topological polar surface area (TPSA) is 152 Å². The molecule has 0 rings (SSSR count). The molecule has 0 radical (unpaired) electrons. The zero-order valence-corrected chi connectivity index (χ0v) is 10.5. The van der Waals surface area contributed by atoms with Crippen molar-refractivity contribution in [2.24, 2.45) is 0 Å². The first-order valence-electron chi connectivity index (χ1n) is 3.56. The van der Waals surface area contributed by atoms with E-state index in [4.69, 9.17) is 29.4 Å². The first-order chi connectivity index (χ1) is 7.41. The van der Waals surface area contributed by atoms with E-state index in [0.29, 0.717) is 0 Å². The average molecular weight is 299 g/mol. The van der Waals surface area contributed by atoms with Crippen LogP contribution in [0.4, 0.5) is 0 Å². The summed E-state index contributed by atoms with van der Waals surface area (Å²) in [5.41, 5.74) is 0. The fraction of sp³-hybridized carbons (Fsp3) is 1.00. The van der Waals surface area contributed by atoms with E-state index >= 15 is 0 Å². The van der Waals surface area contributed by atoms with Crippen molar-refractivity contribution in [2.45, 2.75) is 0 Å². The van der Waals surface area contributed by atoms with Crippen LogP contribution in [0, 0.1) is 0 Å². The van der Waals surface area contributed by atoms with Crippen LogP contribution in [-0.2, 0) is 13.6 Å². The van der Waals surface area contributed by atoms with Gasteiger partial charge in [0.1, 0.15) is 20.2 Å². The van der Waals surface area contributed by atoms with E-state index in [1.165, 1.54) is 0 Å². The predicted octanol–water partition coefficient (Wildman–Crippen LogP) is -1.15. The summed E-state index contributed by atoms with van der Waals surface area (Å²) >= 11 is 0. The normalized spacial score (nSPS) is 12.4. The third kappa shape index (κ3) is 11.4. The summed E-state index contributed by atoms with van der Waals surface area (Å²) in [4.78, 5) is 51.8. The largest absolute Gasteiger partial charge is 0.328 e. The number of rotatable bonds is 9. The van der Waals surface area contributed by atoms with Gasteiger partial charge in [-0.3, -0.25) is 13.6 Å². The minimum absolute atomic E-state index is 0.356. The molecule has 0 aromatic carbocycles. The van der Waals surface area contributed by atoms with Gasteiger partial charge in [-0.2, -0.15) is 0 Å². The van der Waals surface area contributed by atoms with Gasteiger partial charge in [-0.15, -0.1) is 0 Å². The highest BCUT2D eigenvalue weighted by atomic mass is 31.2. The molecule has 0 heterocycles. The highest BCUT2D eigenvalue weighted by Crippen LogP contribution is 2.28. The second-order valence-corrected chi connectivity index (χ2v) is 4.49. The van der Waals surface area contributed by atoms with E-state index in [-0.39, 0.29) is 20.2 Å². The van der Waals surface area contributed by atoms with E-state index in [1.807, 2.05) is 0 Å². The molecular weight excluding hydrogens is 287 g/mol. The molecule has 0 aliphatic rings.